The van der Waals surface area contributed by atoms with Crippen LogP contribution in [0, 0.1) is 6.92 Å². The van der Waals surface area contributed by atoms with Gasteiger partial charge in [-0.3, -0.25) is 9.59 Å². The average Bonchev–Trinajstić information content (AvgIpc) is 2.94. The molecule has 1 amide bonds. The molecule has 0 aliphatic rings. The third-order valence-corrected chi connectivity index (χ3v) is 4.08. The number of amides is 1. The number of rotatable bonds is 9. The summed E-state index contributed by atoms with van der Waals surface area (Å²) in [7, 11) is 0. The van der Waals surface area contributed by atoms with Crippen molar-refractivity contribution in [3.8, 4) is 0 Å². The summed E-state index contributed by atoms with van der Waals surface area (Å²) in [6.45, 7) is 6.37. The first-order valence-electron chi connectivity index (χ1n) is 8.67. The van der Waals surface area contributed by atoms with Crippen LogP contribution in [0.15, 0.2) is 10.6 Å². The number of hydrogen-bond donors (Lipinski definition) is 2. The van der Waals surface area contributed by atoms with Gasteiger partial charge in [-0.1, -0.05) is 31.8 Å². The molecule has 0 saturated carbocycles. The van der Waals surface area contributed by atoms with E-state index in [1.165, 1.54) is 0 Å². The molecule has 0 bridgehead atoms. The van der Waals surface area contributed by atoms with Gasteiger partial charge >= 0.3 is 5.97 Å². The van der Waals surface area contributed by atoms with Crippen LogP contribution in [-0.4, -0.2) is 33.7 Å². The van der Waals surface area contributed by atoms with Crippen LogP contribution in [0.5, 0.6) is 0 Å². The molecular weight excluding hydrogens is 322 g/mol. The molecule has 0 aliphatic heterocycles. The van der Waals surface area contributed by atoms with Crippen LogP contribution in [0.4, 0.5) is 0 Å². The lowest BCUT2D eigenvalue weighted by Gasteiger charge is -2.09. The molecule has 7 heteroatoms. The summed E-state index contributed by atoms with van der Waals surface area (Å²) in [4.78, 5) is 27.4. The molecule has 0 radical (unpaired) electrons. The highest BCUT2D eigenvalue weighted by Gasteiger charge is 2.19. The second-order valence-corrected chi connectivity index (χ2v) is 6.51. The van der Waals surface area contributed by atoms with E-state index in [2.05, 4.69) is 15.5 Å². The summed E-state index contributed by atoms with van der Waals surface area (Å²) in [5.41, 5.74) is 2.37. The van der Waals surface area contributed by atoms with E-state index in [9.17, 15) is 9.59 Å². The molecule has 0 aromatic carbocycles. The Kier molecular flexibility index (Phi) is 6.50. The Bertz CT molecular complexity index is 752. The van der Waals surface area contributed by atoms with Gasteiger partial charge in [0.15, 0.2) is 0 Å². The van der Waals surface area contributed by atoms with E-state index in [0.717, 1.165) is 25.0 Å². The van der Waals surface area contributed by atoms with Crippen molar-refractivity contribution in [1.82, 2.24) is 15.5 Å². The fourth-order valence-electron chi connectivity index (χ4n) is 2.64. The Labute approximate surface area is 146 Å². The van der Waals surface area contributed by atoms with Gasteiger partial charge in [0.05, 0.1) is 16.6 Å². The Balaban J connectivity index is 1.97. The smallest absolute Gasteiger partial charge is 0.303 e. The molecule has 0 aliphatic carbocycles. The zero-order valence-corrected chi connectivity index (χ0v) is 15.0. The lowest BCUT2D eigenvalue weighted by Crippen LogP contribution is -2.25. The van der Waals surface area contributed by atoms with Crippen molar-refractivity contribution in [2.75, 3.05) is 6.54 Å². The number of carboxylic acid groups (broad SMARTS) is 1. The van der Waals surface area contributed by atoms with E-state index in [4.69, 9.17) is 9.63 Å². The molecular formula is C18H25N3O4. The van der Waals surface area contributed by atoms with Crippen molar-refractivity contribution in [1.29, 1.82) is 0 Å². The van der Waals surface area contributed by atoms with Crippen molar-refractivity contribution in [2.45, 2.75) is 58.8 Å². The molecule has 0 fully saturated rings. The van der Waals surface area contributed by atoms with Crippen molar-refractivity contribution in [3.63, 3.8) is 0 Å². The molecule has 2 aromatic rings. The maximum absolute atomic E-state index is 12.6. The fourth-order valence-corrected chi connectivity index (χ4v) is 2.64. The maximum atomic E-state index is 12.6. The lowest BCUT2D eigenvalue weighted by atomic mass is 10.0. The van der Waals surface area contributed by atoms with Crippen LogP contribution in [0.3, 0.4) is 0 Å². The number of aryl methyl sites for hydroxylation is 1. The number of carbonyl (C=O) groups is 2. The quantitative estimate of drug-likeness (QED) is 0.673. The highest BCUT2D eigenvalue weighted by Crippen LogP contribution is 2.25. The summed E-state index contributed by atoms with van der Waals surface area (Å²) in [6, 6.07) is 1.80. The summed E-state index contributed by atoms with van der Waals surface area (Å²) in [5.74, 6) is -0.748. The van der Waals surface area contributed by atoms with Gasteiger partial charge in [0, 0.05) is 18.7 Å². The van der Waals surface area contributed by atoms with Gasteiger partial charge in [-0.25, -0.2) is 4.98 Å². The Hall–Kier alpha value is -2.44. The molecule has 2 N–H and O–H groups in total. The van der Waals surface area contributed by atoms with Gasteiger partial charge in [-0.15, -0.1) is 0 Å². The number of nitrogens with zero attached hydrogens (tertiary/aromatic N) is 2. The topological polar surface area (TPSA) is 105 Å². The number of carboxylic acids is 1. The number of aromatic nitrogens is 2. The molecule has 0 spiro atoms. The molecule has 136 valence electrons. The van der Waals surface area contributed by atoms with Gasteiger partial charge in [0.2, 0.25) is 0 Å². The van der Waals surface area contributed by atoms with E-state index in [1.54, 1.807) is 13.0 Å². The second-order valence-electron chi connectivity index (χ2n) is 6.51. The summed E-state index contributed by atoms with van der Waals surface area (Å²) in [6.07, 6.45) is 3.43. The van der Waals surface area contributed by atoms with Crippen molar-refractivity contribution < 1.29 is 19.2 Å². The molecule has 2 heterocycles. The van der Waals surface area contributed by atoms with Crippen LogP contribution < -0.4 is 5.32 Å². The van der Waals surface area contributed by atoms with E-state index < -0.39 is 5.97 Å². The third kappa shape index (κ3) is 5.01. The number of pyridine rings is 1. The molecule has 0 saturated heterocycles. The van der Waals surface area contributed by atoms with E-state index in [0.29, 0.717) is 35.3 Å². The van der Waals surface area contributed by atoms with Gasteiger partial charge in [0.1, 0.15) is 0 Å². The second kappa shape index (κ2) is 8.60. The number of unbranched alkanes of at least 4 members (excludes halogenated alkanes) is 3. The first kappa shape index (κ1) is 18.9. The summed E-state index contributed by atoms with van der Waals surface area (Å²) < 4.78 is 5.23. The fraction of sp³-hybridized carbons (Fsp3) is 0.556. The minimum atomic E-state index is -0.764. The standard InChI is InChI=1S/C18H25N3O4/c1-11(2)14-10-13(16-12(3)21-25-18(16)20-14)17(24)19-9-7-5-4-6-8-15(22)23/h10-11H,4-9H2,1-3H3,(H,19,24)(H,22,23). The lowest BCUT2D eigenvalue weighted by molar-refractivity contribution is -0.137. The number of aliphatic carboxylic acids is 1. The SMILES string of the molecule is Cc1noc2nc(C(C)C)cc(C(=O)NCCCCCCC(=O)O)c12. The van der Waals surface area contributed by atoms with E-state index in [1.807, 2.05) is 13.8 Å². The largest absolute Gasteiger partial charge is 0.481 e. The van der Waals surface area contributed by atoms with Crippen molar-refractivity contribution >= 4 is 23.0 Å². The third-order valence-electron chi connectivity index (χ3n) is 4.08. The van der Waals surface area contributed by atoms with Crippen molar-refractivity contribution in [3.05, 3.63) is 23.0 Å². The predicted octanol–water partition coefficient (Wildman–Crippen LogP) is 3.42. The molecule has 0 unspecified atom stereocenters. The molecule has 7 nitrogen and oxygen atoms in total. The molecule has 2 aromatic heterocycles. The Morgan fingerprint density at radius 2 is 1.96 bits per heavy atom. The first-order valence-corrected chi connectivity index (χ1v) is 8.67. The molecule has 0 atom stereocenters. The normalized spacial score (nSPS) is 11.2. The van der Waals surface area contributed by atoms with Gasteiger partial charge < -0.3 is 14.9 Å². The summed E-state index contributed by atoms with van der Waals surface area (Å²) in [5, 5.41) is 16.1. The molecule has 2 rings (SSSR count). The van der Waals surface area contributed by atoms with Crippen molar-refractivity contribution in [2.24, 2.45) is 0 Å². The number of hydrogen-bond acceptors (Lipinski definition) is 5. The van der Waals surface area contributed by atoms with Crippen LogP contribution in [0.1, 0.15) is 73.6 Å². The van der Waals surface area contributed by atoms with Crippen LogP contribution in [0.2, 0.25) is 0 Å². The average molecular weight is 347 g/mol. The highest BCUT2D eigenvalue weighted by atomic mass is 16.5. The minimum absolute atomic E-state index is 0.161. The van der Waals surface area contributed by atoms with Gasteiger partial charge in [0.25, 0.3) is 11.6 Å². The van der Waals surface area contributed by atoms with Gasteiger partial charge in [-0.2, -0.15) is 0 Å². The Morgan fingerprint density at radius 3 is 2.64 bits per heavy atom. The number of nitrogens with one attached hydrogen (secondary N) is 1. The van der Waals surface area contributed by atoms with E-state index >= 15 is 0 Å². The van der Waals surface area contributed by atoms with Crippen LogP contribution >= 0.6 is 0 Å². The summed E-state index contributed by atoms with van der Waals surface area (Å²) >= 11 is 0. The van der Waals surface area contributed by atoms with Crippen LogP contribution in [0.25, 0.3) is 11.1 Å². The van der Waals surface area contributed by atoms with Gasteiger partial charge in [-0.05, 0) is 31.7 Å². The number of carbonyl (C=O) groups excluding carboxylic acids is 1. The van der Waals surface area contributed by atoms with Crippen LogP contribution in [-0.2, 0) is 4.79 Å². The Morgan fingerprint density at radius 1 is 1.24 bits per heavy atom. The predicted molar refractivity (Wildman–Crippen MR) is 93.7 cm³/mol. The minimum Gasteiger partial charge on any atom is -0.481 e. The first-order chi connectivity index (χ1) is 11.9. The van der Waals surface area contributed by atoms with E-state index in [-0.39, 0.29) is 18.2 Å². The zero-order chi connectivity index (χ0) is 18.4. The maximum Gasteiger partial charge on any atom is 0.303 e. The molecule has 25 heavy (non-hydrogen) atoms. The number of fused-ring (bicyclic) bond motifs is 1. The zero-order valence-electron chi connectivity index (χ0n) is 15.0. The monoisotopic (exact) mass is 347 g/mol. The highest BCUT2D eigenvalue weighted by molar-refractivity contribution is 6.06.